The third kappa shape index (κ3) is 2.11. The van der Waals surface area contributed by atoms with Crippen LogP contribution < -0.4 is 4.74 Å². The standard InChI is InChI=1S/C13H9N3O3/c17-16(18)9-4-5-13(15-8-9)19-12-3-1-2-11-10(12)6-7-14-11/h1-8,14H. The predicted molar refractivity (Wildman–Crippen MR) is 69.3 cm³/mol. The third-order valence-corrected chi connectivity index (χ3v) is 2.70. The summed E-state index contributed by atoms with van der Waals surface area (Å²) in [5, 5.41) is 11.5. The number of ether oxygens (including phenoxy) is 1. The summed E-state index contributed by atoms with van der Waals surface area (Å²) in [5.74, 6) is 0.972. The molecule has 6 heteroatoms. The number of nitro groups is 1. The van der Waals surface area contributed by atoms with Crippen LogP contribution in [0.5, 0.6) is 11.6 Å². The number of nitrogens with one attached hydrogen (secondary N) is 1. The normalized spacial score (nSPS) is 10.5. The molecule has 1 aromatic carbocycles. The molecule has 0 unspecified atom stereocenters. The van der Waals surface area contributed by atoms with E-state index in [-0.39, 0.29) is 5.69 Å². The third-order valence-electron chi connectivity index (χ3n) is 2.70. The van der Waals surface area contributed by atoms with E-state index < -0.39 is 4.92 Å². The molecule has 3 aromatic rings. The average molecular weight is 255 g/mol. The molecule has 6 nitrogen and oxygen atoms in total. The van der Waals surface area contributed by atoms with Crippen LogP contribution in [0.3, 0.4) is 0 Å². The number of benzene rings is 1. The fraction of sp³-hybridized carbons (Fsp3) is 0. The lowest BCUT2D eigenvalue weighted by molar-refractivity contribution is -0.385. The first-order chi connectivity index (χ1) is 9.24. The van der Waals surface area contributed by atoms with E-state index in [1.54, 1.807) is 0 Å². The Morgan fingerprint density at radius 1 is 1.21 bits per heavy atom. The van der Waals surface area contributed by atoms with Gasteiger partial charge in [0.15, 0.2) is 0 Å². The molecule has 2 aromatic heterocycles. The molecule has 0 saturated heterocycles. The van der Waals surface area contributed by atoms with Crippen molar-refractivity contribution in [1.29, 1.82) is 0 Å². The van der Waals surface area contributed by atoms with E-state index in [0.29, 0.717) is 11.6 Å². The molecule has 0 aliphatic carbocycles. The van der Waals surface area contributed by atoms with Gasteiger partial charge in [-0.15, -0.1) is 0 Å². The van der Waals surface area contributed by atoms with Gasteiger partial charge in [-0.1, -0.05) is 6.07 Å². The lowest BCUT2D eigenvalue weighted by Gasteiger charge is -2.05. The molecule has 0 atom stereocenters. The van der Waals surface area contributed by atoms with Crippen LogP contribution in [0.1, 0.15) is 0 Å². The summed E-state index contributed by atoms with van der Waals surface area (Å²) in [5.41, 5.74) is 0.895. The molecule has 0 aliphatic heterocycles. The summed E-state index contributed by atoms with van der Waals surface area (Å²) in [6.07, 6.45) is 2.99. The molecule has 0 spiro atoms. The predicted octanol–water partition coefficient (Wildman–Crippen LogP) is 3.26. The Bertz CT molecular complexity index is 734. The first-order valence-electron chi connectivity index (χ1n) is 5.58. The number of aromatic nitrogens is 2. The summed E-state index contributed by atoms with van der Waals surface area (Å²) in [6.45, 7) is 0. The van der Waals surface area contributed by atoms with Crippen molar-refractivity contribution in [3.63, 3.8) is 0 Å². The Kier molecular flexibility index (Phi) is 2.60. The summed E-state index contributed by atoms with van der Waals surface area (Å²) >= 11 is 0. The molecule has 2 heterocycles. The van der Waals surface area contributed by atoms with E-state index in [9.17, 15) is 10.1 Å². The van der Waals surface area contributed by atoms with Crippen LogP contribution in [0.15, 0.2) is 48.8 Å². The summed E-state index contributed by atoms with van der Waals surface area (Å²) < 4.78 is 5.63. The molecular weight excluding hydrogens is 246 g/mol. The SMILES string of the molecule is O=[N+]([O-])c1ccc(Oc2cccc3[nH]ccc23)nc1. The lowest BCUT2D eigenvalue weighted by atomic mass is 10.2. The number of H-pyrrole nitrogens is 1. The molecule has 1 N–H and O–H groups in total. The van der Waals surface area contributed by atoms with Crippen LogP contribution in [0.25, 0.3) is 10.9 Å². The van der Waals surface area contributed by atoms with Crippen molar-refractivity contribution in [3.8, 4) is 11.6 Å². The molecule has 0 fully saturated rings. The summed E-state index contributed by atoms with van der Waals surface area (Å²) in [6, 6.07) is 10.4. The summed E-state index contributed by atoms with van der Waals surface area (Å²) in [7, 11) is 0. The Balaban J connectivity index is 1.92. The highest BCUT2D eigenvalue weighted by molar-refractivity contribution is 5.85. The van der Waals surface area contributed by atoms with Gasteiger partial charge in [0.1, 0.15) is 11.9 Å². The lowest BCUT2D eigenvalue weighted by Crippen LogP contribution is -1.91. The van der Waals surface area contributed by atoms with Crippen LogP contribution >= 0.6 is 0 Å². The van der Waals surface area contributed by atoms with Gasteiger partial charge in [-0.2, -0.15) is 0 Å². The second-order valence-corrected chi connectivity index (χ2v) is 3.91. The molecule has 94 valence electrons. The zero-order valence-electron chi connectivity index (χ0n) is 9.74. The van der Waals surface area contributed by atoms with Crippen LogP contribution in [0.4, 0.5) is 5.69 Å². The van der Waals surface area contributed by atoms with Crippen molar-refractivity contribution in [2.45, 2.75) is 0 Å². The van der Waals surface area contributed by atoms with Gasteiger partial charge in [-0.25, -0.2) is 4.98 Å². The zero-order valence-corrected chi connectivity index (χ0v) is 9.74. The monoisotopic (exact) mass is 255 g/mol. The van der Waals surface area contributed by atoms with Crippen molar-refractivity contribution in [2.75, 3.05) is 0 Å². The van der Waals surface area contributed by atoms with E-state index in [1.165, 1.54) is 18.3 Å². The second-order valence-electron chi connectivity index (χ2n) is 3.91. The van der Waals surface area contributed by atoms with Gasteiger partial charge < -0.3 is 9.72 Å². The number of nitrogens with zero attached hydrogens (tertiary/aromatic N) is 2. The molecule has 0 amide bonds. The first-order valence-corrected chi connectivity index (χ1v) is 5.58. The maximum atomic E-state index is 10.5. The van der Waals surface area contributed by atoms with Gasteiger partial charge in [0, 0.05) is 29.2 Å². The van der Waals surface area contributed by atoms with Gasteiger partial charge >= 0.3 is 0 Å². The highest BCUT2D eigenvalue weighted by Crippen LogP contribution is 2.28. The minimum atomic E-state index is -0.496. The van der Waals surface area contributed by atoms with Gasteiger partial charge in [-0.3, -0.25) is 10.1 Å². The number of hydrogen-bond donors (Lipinski definition) is 1. The fourth-order valence-corrected chi connectivity index (χ4v) is 1.80. The quantitative estimate of drug-likeness (QED) is 0.575. The van der Waals surface area contributed by atoms with Crippen LogP contribution in [0.2, 0.25) is 0 Å². The summed E-state index contributed by atoms with van der Waals surface area (Å²) in [4.78, 5) is 17.0. The van der Waals surface area contributed by atoms with E-state index in [0.717, 1.165) is 10.9 Å². The van der Waals surface area contributed by atoms with Crippen LogP contribution in [0, 0.1) is 10.1 Å². The Hall–Kier alpha value is -2.89. The highest BCUT2D eigenvalue weighted by Gasteiger charge is 2.08. The number of fused-ring (bicyclic) bond motifs is 1. The van der Waals surface area contributed by atoms with E-state index in [2.05, 4.69) is 9.97 Å². The van der Waals surface area contributed by atoms with Gasteiger partial charge in [0.25, 0.3) is 5.69 Å². The molecule has 3 rings (SSSR count). The second kappa shape index (κ2) is 4.41. The van der Waals surface area contributed by atoms with Crippen LogP contribution in [-0.2, 0) is 0 Å². The molecule has 0 aliphatic rings. The van der Waals surface area contributed by atoms with Crippen molar-refractivity contribution < 1.29 is 9.66 Å². The van der Waals surface area contributed by atoms with E-state index in [1.807, 2.05) is 30.5 Å². The number of hydrogen-bond acceptors (Lipinski definition) is 4. The Labute approximate surface area is 107 Å². The minimum Gasteiger partial charge on any atom is -0.438 e. The zero-order chi connectivity index (χ0) is 13.2. The van der Waals surface area contributed by atoms with Crippen LogP contribution in [-0.4, -0.2) is 14.9 Å². The van der Waals surface area contributed by atoms with Gasteiger partial charge in [0.05, 0.1) is 4.92 Å². The number of rotatable bonds is 3. The molecule has 19 heavy (non-hydrogen) atoms. The fourth-order valence-electron chi connectivity index (χ4n) is 1.80. The molecule has 0 saturated carbocycles. The van der Waals surface area contributed by atoms with Gasteiger partial charge in [-0.05, 0) is 18.2 Å². The maximum Gasteiger partial charge on any atom is 0.287 e. The topological polar surface area (TPSA) is 81.0 Å². The molecular formula is C13H9N3O3. The molecule has 0 radical (unpaired) electrons. The Morgan fingerprint density at radius 3 is 2.84 bits per heavy atom. The average Bonchev–Trinajstić information content (AvgIpc) is 2.89. The minimum absolute atomic E-state index is 0.0628. The number of aromatic amines is 1. The van der Waals surface area contributed by atoms with Crippen molar-refractivity contribution >= 4 is 16.6 Å². The van der Waals surface area contributed by atoms with Gasteiger partial charge in [0.2, 0.25) is 5.88 Å². The Morgan fingerprint density at radius 2 is 2.11 bits per heavy atom. The van der Waals surface area contributed by atoms with Crippen molar-refractivity contribution in [3.05, 3.63) is 58.9 Å². The van der Waals surface area contributed by atoms with Crippen molar-refractivity contribution in [1.82, 2.24) is 9.97 Å². The smallest absolute Gasteiger partial charge is 0.287 e. The van der Waals surface area contributed by atoms with Crippen molar-refractivity contribution in [2.24, 2.45) is 0 Å². The first kappa shape index (κ1) is 11.2. The van der Waals surface area contributed by atoms with E-state index >= 15 is 0 Å². The van der Waals surface area contributed by atoms with E-state index in [4.69, 9.17) is 4.74 Å². The molecule has 0 bridgehead atoms. The maximum absolute atomic E-state index is 10.5. The largest absolute Gasteiger partial charge is 0.438 e. The number of pyridine rings is 1. The highest BCUT2D eigenvalue weighted by atomic mass is 16.6.